The second kappa shape index (κ2) is 5.92. The first-order chi connectivity index (χ1) is 13.2. The maximum absolute atomic E-state index is 13.3. The van der Waals surface area contributed by atoms with Crippen LogP contribution in [-0.2, 0) is 0 Å². The highest BCUT2D eigenvalue weighted by Crippen LogP contribution is 2.23. The molecule has 0 unspecified atom stereocenters. The zero-order chi connectivity index (χ0) is 18.5. The summed E-state index contributed by atoms with van der Waals surface area (Å²) in [5, 5.41) is 1.08. The zero-order valence-electron chi connectivity index (χ0n) is 14.7. The lowest BCUT2D eigenvalue weighted by atomic mass is 10.2. The second-order valence-corrected chi connectivity index (χ2v) is 7.08. The van der Waals surface area contributed by atoms with Gasteiger partial charge in [-0.05, 0) is 37.4 Å². The third-order valence-electron chi connectivity index (χ3n) is 4.61. The molecule has 0 radical (unpaired) electrons. The molecule has 3 aromatic heterocycles. The molecule has 132 valence electrons. The Morgan fingerprint density at radius 1 is 1.00 bits per heavy atom. The highest BCUT2D eigenvalue weighted by molar-refractivity contribution is 7.98. The number of fused-ring (bicyclic) bond motifs is 5. The molecular formula is C20H15N5OS. The molecule has 3 heterocycles. The summed E-state index contributed by atoms with van der Waals surface area (Å²) in [6, 6.07) is 15.7. The van der Waals surface area contributed by atoms with Crippen molar-refractivity contribution in [1.82, 2.24) is 23.9 Å². The molecule has 0 bridgehead atoms. The Hall–Kier alpha value is -3.19. The van der Waals surface area contributed by atoms with Gasteiger partial charge in [-0.15, -0.1) is 0 Å². The van der Waals surface area contributed by atoms with Gasteiger partial charge in [0.15, 0.2) is 10.8 Å². The van der Waals surface area contributed by atoms with E-state index in [1.54, 1.807) is 10.8 Å². The van der Waals surface area contributed by atoms with Crippen molar-refractivity contribution in [3.63, 3.8) is 0 Å². The Kier molecular flexibility index (Phi) is 3.51. The van der Waals surface area contributed by atoms with Gasteiger partial charge in [0.05, 0.1) is 16.7 Å². The summed E-state index contributed by atoms with van der Waals surface area (Å²) >= 11 is 1.44. The lowest BCUT2D eigenvalue weighted by molar-refractivity contribution is 0.932. The summed E-state index contributed by atoms with van der Waals surface area (Å²) in [5.41, 5.74) is 4.02. The van der Waals surface area contributed by atoms with Gasteiger partial charge in [0.25, 0.3) is 5.56 Å². The fourth-order valence-electron chi connectivity index (χ4n) is 3.29. The average Bonchev–Trinajstić information content (AvgIpc) is 3.08. The van der Waals surface area contributed by atoms with Crippen LogP contribution in [0.15, 0.2) is 64.7 Å². The van der Waals surface area contributed by atoms with E-state index in [1.807, 2.05) is 66.1 Å². The van der Waals surface area contributed by atoms with E-state index in [9.17, 15) is 4.79 Å². The molecule has 0 saturated carbocycles. The lowest BCUT2D eigenvalue weighted by Gasteiger charge is -2.11. The van der Waals surface area contributed by atoms with Crippen LogP contribution in [0.25, 0.3) is 33.5 Å². The number of nitrogens with zero attached hydrogens (tertiary/aromatic N) is 5. The van der Waals surface area contributed by atoms with Gasteiger partial charge in [0.2, 0.25) is 5.78 Å². The van der Waals surface area contributed by atoms with Crippen LogP contribution in [0.5, 0.6) is 0 Å². The molecule has 0 fully saturated rings. The smallest absolute Gasteiger partial charge is 0.268 e. The molecule has 0 amide bonds. The van der Waals surface area contributed by atoms with E-state index in [2.05, 4.69) is 9.97 Å². The van der Waals surface area contributed by atoms with Gasteiger partial charge in [-0.2, -0.15) is 0 Å². The largest absolute Gasteiger partial charge is 0.270 e. The van der Waals surface area contributed by atoms with Gasteiger partial charge in [-0.25, -0.2) is 19.5 Å². The number of hydrogen-bond acceptors (Lipinski definition) is 5. The van der Waals surface area contributed by atoms with Crippen LogP contribution in [0.3, 0.4) is 0 Å². The second-order valence-electron chi connectivity index (χ2n) is 6.31. The molecule has 27 heavy (non-hydrogen) atoms. The van der Waals surface area contributed by atoms with Crippen LogP contribution in [0.2, 0.25) is 0 Å². The van der Waals surface area contributed by atoms with E-state index in [0.29, 0.717) is 22.0 Å². The molecule has 5 rings (SSSR count). The minimum absolute atomic E-state index is 0.177. The van der Waals surface area contributed by atoms with Gasteiger partial charge in [0, 0.05) is 6.20 Å². The van der Waals surface area contributed by atoms with E-state index in [1.165, 1.54) is 11.8 Å². The summed E-state index contributed by atoms with van der Waals surface area (Å²) < 4.78 is 3.57. The number of aromatic nitrogens is 5. The Labute approximate surface area is 158 Å². The first-order valence-corrected chi connectivity index (χ1v) is 9.70. The summed E-state index contributed by atoms with van der Waals surface area (Å²) in [6.45, 7) is 2.02. The third kappa shape index (κ3) is 2.35. The van der Waals surface area contributed by atoms with E-state index in [-0.39, 0.29) is 5.56 Å². The normalized spacial score (nSPS) is 11.6. The van der Waals surface area contributed by atoms with E-state index < -0.39 is 0 Å². The fraction of sp³-hybridized carbons (Fsp3) is 0.100. The predicted octanol–water partition coefficient (Wildman–Crippen LogP) is 3.61. The van der Waals surface area contributed by atoms with Gasteiger partial charge in [-0.3, -0.25) is 9.20 Å². The van der Waals surface area contributed by atoms with Crippen molar-refractivity contribution in [2.75, 3.05) is 6.26 Å². The number of rotatable bonds is 2. The Morgan fingerprint density at radius 3 is 2.56 bits per heavy atom. The maximum atomic E-state index is 13.3. The van der Waals surface area contributed by atoms with Gasteiger partial charge in [0.1, 0.15) is 5.39 Å². The minimum atomic E-state index is -0.177. The number of thioether (sulfide) groups is 1. The molecule has 5 aromatic rings. The summed E-state index contributed by atoms with van der Waals surface area (Å²) in [6.07, 6.45) is 3.52. The number of imidazole rings is 1. The van der Waals surface area contributed by atoms with Crippen LogP contribution in [0, 0.1) is 6.92 Å². The van der Waals surface area contributed by atoms with Crippen molar-refractivity contribution in [1.29, 1.82) is 0 Å². The standard InChI is InChI=1S/C20H15N5OS/c1-12-7-9-13(10-8-12)24-18(26)14-11-21-19(27-2)23-17(14)25-16-6-4-3-5-15(16)22-20(24)25/h3-11H,1-2H3. The van der Waals surface area contributed by atoms with Crippen LogP contribution >= 0.6 is 11.8 Å². The molecular weight excluding hydrogens is 358 g/mol. The first kappa shape index (κ1) is 16.0. The third-order valence-corrected chi connectivity index (χ3v) is 5.17. The van der Waals surface area contributed by atoms with Crippen molar-refractivity contribution in [3.05, 3.63) is 70.6 Å². The van der Waals surface area contributed by atoms with E-state index >= 15 is 0 Å². The Balaban J connectivity index is 2.05. The highest BCUT2D eigenvalue weighted by atomic mass is 32.2. The SMILES string of the molecule is CSc1ncc2c(=O)n(-c3ccc(C)cc3)c3nc4ccccc4n3c2n1. The van der Waals surface area contributed by atoms with Crippen molar-refractivity contribution < 1.29 is 0 Å². The van der Waals surface area contributed by atoms with Crippen LogP contribution in [-0.4, -0.2) is 30.2 Å². The Bertz CT molecular complexity index is 1390. The van der Waals surface area contributed by atoms with E-state index in [4.69, 9.17) is 4.98 Å². The number of aryl methyl sites for hydroxylation is 1. The maximum Gasteiger partial charge on any atom is 0.270 e. The molecule has 0 aliphatic heterocycles. The van der Waals surface area contributed by atoms with Gasteiger partial charge < -0.3 is 0 Å². The highest BCUT2D eigenvalue weighted by Gasteiger charge is 2.18. The number of para-hydroxylation sites is 2. The molecule has 0 N–H and O–H groups in total. The number of hydrogen-bond donors (Lipinski definition) is 0. The quantitative estimate of drug-likeness (QED) is 0.349. The molecule has 0 spiro atoms. The molecule has 7 heteroatoms. The molecule has 0 aliphatic rings. The monoisotopic (exact) mass is 373 g/mol. The van der Waals surface area contributed by atoms with E-state index in [0.717, 1.165) is 22.3 Å². The predicted molar refractivity (Wildman–Crippen MR) is 108 cm³/mol. The van der Waals surface area contributed by atoms with Crippen LogP contribution in [0.4, 0.5) is 0 Å². The van der Waals surface area contributed by atoms with Crippen molar-refractivity contribution >= 4 is 39.6 Å². The number of benzene rings is 2. The topological polar surface area (TPSA) is 65.1 Å². The van der Waals surface area contributed by atoms with Crippen molar-refractivity contribution in [2.45, 2.75) is 12.1 Å². The van der Waals surface area contributed by atoms with Crippen LogP contribution in [0.1, 0.15) is 5.56 Å². The first-order valence-electron chi connectivity index (χ1n) is 8.47. The minimum Gasteiger partial charge on any atom is -0.268 e. The van der Waals surface area contributed by atoms with Crippen molar-refractivity contribution in [3.8, 4) is 5.69 Å². The summed E-state index contributed by atoms with van der Waals surface area (Å²) in [5.74, 6) is 0.545. The Morgan fingerprint density at radius 2 is 1.78 bits per heavy atom. The molecule has 2 aromatic carbocycles. The average molecular weight is 373 g/mol. The lowest BCUT2D eigenvalue weighted by Crippen LogP contribution is -2.22. The molecule has 0 aliphatic carbocycles. The van der Waals surface area contributed by atoms with Gasteiger partial charge in [-0.1, -0.05) is 41.6 Å². The molecule has 0 saturated heterocycles. The van der Waals surface area contributed by atoms with Crippen molar-refractivity contribution in [2.24, 2.45) is 0 Å². The zero-order valence-corrected chi connectivity index (χ0v) is 15.6. The fourth-order valence-corrected chi connectivity index (χ4v) is 3.62. The van der Waals surface area contributed by atoms with Gasteiger partial charge >= 0.3 is 0 Å². The molecule has 6 nitrogen and oxygen atoms in total. The van der Waals surface area contributed by atoms with Crippen LogP contribution < -0.4 is 5.56 Å². The molecule has 0 atom stereocenters. The summed E-state index contributed by atoms with van der Waals surface area (Å²) in [7, 11) is 0. The summed E-state index contributed by atoms with van der Waals surface area (Å²) in [4.78, 5) is 27.0.